The number of hydrogen-bond acceptors (Lipinski definition) is 2. The number of aryl methyl sites for hydroxylation is 2. The van der Waals surface area contributed by atoms with Crippen molar-refractivity contribution in [3.63, 3.8) is 0 Å². The van der Waals surface area contributed by atoms with Crippen LogP contribution >= 0.6 is 15.9 Å². The Morgan fingerprint density at radius 3 is 2.64 bits per heavy atom. The summed E-state index contributed by atoms with van der Waals surface area (Å²) < 4.78 is 5.97. The van der Waals surface area contributed by atoms with Crippen LogP contribution in [0.3, 0.4) is 0 Å². The van der Waals surface area contributed by atoms with Crippen LogP contribution in [0, 0.1) is 6.92 Å². The Morgan fingerprint density at radius 1 is 1.50 bits per heavy atom. The number of rotatable bonds is 2. The summed E-state index contributed by atoms with van der Waals surface area (Å²) in [5, 5.41) is 0. The first kappa shape index (κ1) is 11.2. The smallest absolute Gasteiger partial charge is 0.308 e. The van der Waals surface area contributed by atoms with Gasteiger partial charge in [-0.05, 0) is 46.5 Å². The molecule has 1 aromatic rings. The van der Waals surface area contributed by atoms with Crippen molar-refractivity contribution in [1.29, 1.82) is 0 Å². The monoisotopic (exact) mass is 256 g/mol. The van der Waals surface area contributed by atoms with E-state index in [1.807, 2.05) is 26.0 Å². The lowest BCUT2D eigenvalue weighted by molar-refractivity contribution is -0.131. The van der Waals surface area contributed by atoms with Crippen molar-refractivity contribution in [3.05, 3.63) is 27.7 Å². The molecule has 2 nitrogen and oxygen atoms in total. The molecular formula is C11H13BrO2. The van der Waals surface area contributed by atoms with Crippen molar-refractivity contribution in [3.8, 4) is 5.75 Å². The third-order valence-electron chi connectivity index (χ3n) is 1.89. The molecular weight excluding hydrogens is 244 g/mol. The minimum absolute atomic E-state index is 0.288. The Kier molecular flexibility index (Phi) is 3.69. The van der Waals surface area contributed by atoms with Gasteiger partial charge in [0.2, 0.25) is 0 Å². The fourth-order valence-corrected chi connectivity index (χ4v) is 2.02. The van der Waals surface area contributed by atoms with Gasteiger partial charge < -0.3 is 4.74 Å². The van der Waals surface area contributed by atoms with Gasteiger partial charge in [-0.25, -0.2) is 0 Å². The normalized spacial score (nSPS) is 10.0. The van der Waals surface area contributed by atoms with E-state index in [4.69, 9.17) is 4.74 Å². The van der Waals surface area contributed by atoms with E-state index in [1.54, 1.807) is 0 Å². The molecule has 76 valence electrons. The van der Waals surface area contributed by atoms with E-state index in [2.05, 4.69) is 15.9 Å². The molecule has 0 N–H and O–H groups in total. The molecule has 0 bridgehead atoms. The molecule has 0 spiro atoms. The standard InChI is InChI=1S/C11H13BrO2/c1-4-9-5-7(2)6-10(12)11(9)14-8(3)13/h5-6H,4H2,1-3H3. The summed E-state index contributed by atoms with van der Waals surface area (Å²) in [5.74, 6) is 0.356. The van der Waals surface area contributed by atoms with Gasteiger partial charge in [0.1, 0.15) is 5.75 Å². The minimum atomic E-state index is -0.288. The second-order valence-corrected chi connectivity index (χ2v) is 4.04. The van der Waals surface area contributed by atoms with Crippen LogP contribution in [0.25, 0.3) is 0 Å². The van der Waals surface area contributed by atoms with Crippen molar-refractivity contribution in [2.75, 3.05) is 0 Å². The summed E-state index contributed by atoms with van der Waals surface area (Å²) in [5.41, 5.74) is 2.21. The largest absolute Gasteiger partial charge is 0.425 e. The summed E-state index contributed by atoms with van der Waals surface area (Å²) in [6, 6.07) is 3.97. The van der Waals surface area contributed by atoms with Gasteiger partial charge in [0.25, 0.3) is 0 Å². The number of carbonyl (C=O) groups is 1. The SMILES string of the molecule is CCc1cc(C)cc(Br)c1OC(C)=O. The van der Waals surface area contributed by atoms with Crippen LogP contribution < -0.4 is 4.74 Å². The van der Waals surface area contributed by atoms with Crippen LogP contribution in [-0.2, 0) is 11.2 Å². The van der Waals surface area contributed by atoms with Crippen LogP contribution in [0.15, 0.2) is 16.6 Å². The molecule has 0 radical (unpaired) electrons. The first-order chi connectivity index (χ1) is 6.54. The fraction of sp³-hybridized carbons (Fsp3) is 0.364. The predicted octanol–water partition coefficient (Wildman–Crippen LogP) is 3.25. The van der Waals surface area contributed by atoms with Gasteiger partial charge in [-0.3, -0.25) is 4.79 Å². The molecule has 0 atom stereocenters. The van der Waals surface area contributed by atoms with Gasteiger partial charge >= 0.3 is 5.97 Å². The van der Waals surface area contributed by atoms with E-state index in [0.29, 0.717) is 5.75 Å². The van der Waals surface area contributed by atoms with Crippen LogP contribution in [0.5, 0.6) is 5.75 Å². The maximum absolute atomic E-state index is 10.9. The second kappa shape index (κ2) is 4.60. The molecule has 0 heterocycles. The third-order valence-corrected chi connectivity index (χ3v) is 2.48. The number of esters is 1. The van der Waals surface area contributed by atoms with Crippen molar-refractivity contribution in [2.45, 2.75) is 27.2 Å². The van der Waals surface area contributed by atoms with Gasteiger partial charge in [-0.2, -0.15) is 0 Å². The van der Waals surface area contributed by atoms with Crippen molar-refractivity contribution in [1.82, 2.24) is 0 Å². The fourth-order valence-electron chi connectivity index (χ4n) is 1.32. The number of halogens is 1. The highest BCUT2D eigenvalue weighted by molar-refractivity contribution is 9.10. The predicted molar refractivity (Wildman–Crippen MR) is 59.6 cm³/mol. The van der Waals surface area contributed by atoms with E-state index >= 15 is 0 Å². The summed E-state index contributed by atoms with van der Waals surface area (Å²) >= 11 is 3.39. The Bertz CT molecular complexity index is 359. The van der Waals surface area contributed by atoms with E-state index < -0.39 is 0 Å². The van der Waals surface area contributed by atoms with E-state index in [9.17, 15) is 4.79 Å². The van der Waals surface area contributed by atoms with Crippen LogP contribution in [-0.4, -0.2) is 5.97 Å². The molecule has 0 aliphatic rings. The molecule has 0 aliphatic heterocycles. The molecule has 0 unspecified atom stereocenters. The van der Waals surface area contributed by atoms with Gasteiger partial charge in [-0.15, -0.1) is 0 Å². The Balaban J connectivity index is 3.18. The number of carbonyl (C=O) groups excluding carboxylic acids is 1. The first-order valence-corrected chi connectivity index (χ1v) is 5.31. The summed E-state index contributed by atoms with van der Waals surface area (Å²) in [4.78, 5) is 10.9. The Morgan fingerprint density at radius 2 is 2.14 bits per heavy atom. The van der Waals surface area contributed by atoms with Crippen LogP contribution in [0.1, 0.15) is 25.0 Å². The van der Waals surface area contributed by atoms with Gasteiger partial charge in [0.05, 0.1) is 4.47 Å². The van der Waals surface area contributed by atoms with E-state index in [1.165, 1.54) is 6.92 Å². The van der Waals surface area contributed by atoms with E-state index in [0.717, 1.165) is 22.0 Å². The van der Waals surface area contributed by atoms with Gasteiger partial charge in [-0.1, -0.05) is 13.0 Å². The maximum atomic E-state index is 10.9. The molecule has 1 rings (SSSR count). The van der Waals surface area contributed by atoms with Crippen LogP contribution in [0.2, 0.25) is 0 Å². The molecule has 0 fully saturated rings. The lowest BCUT2D eigenvalue weighted by Gasteiger charge is -2.10. The molecule has 3 heteroatoms. The molecule has 1 aromatic carbocycles. The topological polar surface area (TPSA) is 26.3 Å². The molecule has 0 saturated heterocycles. The second-order valence-electron chi connectivity index (χ2n) is 3.18. The molecule has 0 saturated carbocycles. The maximum Gasteiger partial charge on any atom is 0.308 e. The summed E-state index contributed by atoms with van der Waals surface area (Å²) in [6.07, 6.45) is 0.850. The molecule has 0 aliphatic carbocycles. The average Bonchev–Trinajstić information content (AvgIpc) is 2.08. The summed E-state index contributed by atoms with van der Waals surface area (Å²) in [6.45, 7) is 5.46. The number of benzene rings is 1. The van der Waals surface area contributed by atoms with Crippen LogP contribution in [0.4, 0.5) is 0 Å². The zero-order valence-corrected chi connectivity index (χ0v) is 10.1. The average molecular weight is 257 g/mol. The first-order valence-electron chi connectivity index (χ1n) is 4.52. The quantitative estimate of drug-likeness (QED) is 0.600. The zero-order chi connectivity index (χ0) is 10.7. The van der Waals surface area contributed by atoms with Gasteiger partial charge in [0.15, 0.2) is 0 Å². The summed E-state index contributed by atoms with van der Waals surface area (Å²) in [7, 11) is 0. The Labute approximate surface area is 92.4 Å². The molecule has 0 amide bonds. The van der Waals surface area contributed by atoms with Crippen molar-refractivity contribution < 1.29 is 9.53 Å². The van der Waals surface area contributed by atoms with Gasteiger partial charge in [0, 0.05) is 6.92 Å². The van der Waals surface area contributed by atoms with Crippen molar-refractivity contribution in [2.24, 2.45) is 0 Å². The minimum Gasteiger partial charge on any atom is -0.425 e. The number of ether oxygens (including phenoxy) is 1. The molecule has 0 aromatic heterocycles. The highest BCUT2D eigenvalue weighted by Crippen LogP contribution is 2.31. The Hall–Kier alpha value is -0.830. The lowest BCUT2D eigenvalue weighted by Crippen LogP contribution is -2.04. The highest BCUT2D eigenvalue weighted by Gasteiger charge is 2.09. The number of hydrogen-bond donors (Lipinski definition) is 0. The zero-order valence-electron chi connectivity index (χ0n) is 8.56. The highest BCUT2D eigenvalue weighted by atomic mass is 79.9. The molecule has 14 heavy (non-hydrogen) atoms. The van der Waals surface area contributed by atoms with E-state index in [-0.39, 0.29) is 5.97 Å². The lowest BCUT2D eigenvalue weighted by atomic mass is 10.1. The third kappa shape index (κ3) is 2.58. The van der Waals surface area contributed by atoms with Crippen molar-refractivity contribution >= 4 is 21.9 Å².